The lowest BCUT2D eigenvalue weighted by molar-refractivity contribution is 0.655. The van der Waals surface area contributed by atoms with Gasteiger partial charge in [-0.3, -0.25) is 0 Å². The van der Waals surface area contributed by atoms with Crippen LogP contribution in [-0.2, 0) is 0 Å². The Balaban J connectivity index is 1.52. The Bertz CT molecular complexity index is 2180. The maximum Gasteiger partial charge on any atom is 0.246 e. The van der Waals surface area contributed by atoms with Gasteiger partial charge in [0.1, 0.15) is 16.6 Å². The molecule has 0 saturated carbocycles. The van der Waals surface area contributed by atoms with Crippen molar-refractivity contribution in [2.45, 2.75) is 0 Å². The van der Waals surface area contributed by atoms with E-state index in [0.29, 0.717) is 10.7 Å². The summed E-state index contributed by atoms with van der Waals surface area (Å²) in [6.45, 7) is 0. The molecule has 0 aliphatic carbocycles. The fourth-order valence-corrected chi connectivity index (χ4v) is 5.66. The summed E-state index contributed by atoms with van der Waals surface area (Å²) in [5.74, 6) is 0. The first kappa shape index (κ1) is 21.4. The Morgan fingerprint density at radius 3 is 1.63 bits per heavy atom. The maximum absolute atomic E-state index is 6.32. The summed E-state index contributed by atoms with van der Waals surface area (Å²) in [4.78, 5) is 10.2. The van der Waals surface area contributed by atoms with Crippen LogP contribution in [0.2, 0.25) is 5.02 Å². The van der Waals surface area contributed by atoms with E-state index in [1.165, 1.54) is 16.7 Å². The monoisotopic (exact) mass is 506 g/mol. The molecule has 0 aliphatic rings. The summed E-state index contributed by atoms with van der Waals surface area (Å²) in [5, 5.41) is 5.90. The smallest absolute Gasteiger partial charge is 0.246 e. The van der Waals surface area contributed by atoms with Gasteiger partial charge in [-0.2, -0.15) is 0 Å². The van der Waals surface area contributed by atoms with E-state index in [9.17, 15) is 0 Å². The molecule has 0 unspecified atom stereocenters. The highest BCUT2D eigenvalue weighted by atomic mass is 35.5. The lowest BCUT2D eigenvalue weighted by atomic mass is 9.93. The Morgan fingerprint density at radius 2 is 1.03 bits per heavy atom. The third kappa shape index (κ3) is 3.22. The Hall–Kier alpha value is -4.73. The number of aromatic nitrogens is 2. The molecule has 178 valence electrons. The number of hydrogen-bond acceptors (Lipinski definition) is 3. The van der Waals surface area contributed by atoms with E-state index in [0.717, 1.165) is 54.6 Å². The molecule has 0 fully saturated rings. The molecule has 0 radical (unpaired) electrons. The van der Waals surface area contributed by atoms with Crippen LogP contribution in [0.1, 0.15) is 0 Å². The zero-order chi connectivity index (χ0) is 25.2. The van der Waals surface area contributed by atoms with Crippen molar-refractivity contribution in [1.82, 2.24) is 9.97 Å². The van der Waals surface area contributed by atoms with E-state index in [-0.39, 0.29) is 0 Å². The molecule has 2 heterocycles. The molecule has 6 aromatic carbocycles. The fourth-order valence-electron chi connectivity index (χ4n) is 5.49. The van der Waals surface area contributed by atoms with Gasteiger partial charge in [0.05, 0.1) is 10.9 Å². The lowest BCUT2D eigenvalue weighted by Gasteiger charge is -2.12. The minimum atomic E-state index is 0.517. The molecule has 8 aromatic rings. The predicted octanol–water partition coefficient (Wildman–Crippen LogP) is 9.82. The first-order chi connectivity index (χ1) is 18.7. The molecule has 0 N–H and O–H groups in total. The molecule has 3 nitrogen and oxygen atoms in total. The predicted molar refractivity (Wildman–Crippen MR) is 158 cm³/mol. The van der Waals surface area contributed by atoms with Crippen molar-refractivity contribution in [1.29, 1.82) is 0 Å². The zero-order valence-corrected chi connectivity index (χ0v) is 20.9. The average molecular weight is 507 g/mol. The largest absolute Gasteiger partial charge is 0.436 e. The van der Waals surface area contributed by atoms with Crippen molar-refractivity contribution >= 4 is 66.4 Å². The molecule has 4 heteroatoms. The molecule has 8 rings (SSSR count). The van der Waals surface area contributed by atoms with Crippen LogP contribution in [0.15, 0.2) is 120 Å². The molecule has 0 amide bonds. The maximum atomic E-state index is 6.32. The lowest BCUT2D eigenvalue weighted by Crippen LogP contribution is -1.91. The van der Waals surface area contributed by atoms with Crippen molar-refractivity contribution in [3.05, 3.63) is 120 Å². The fraction of sp³-hybridized carbons (Fsp3) is 0. The SMILES string of the molecule is Clc1ccc2oc3nc4c5ccc(-c6ccccc6)cc5c5cc(-c6ccccc6)ccc5c4nc3c2c1. The van der Waals surface area contributed by atoms with Gasteiger partial charge in [-0.15, -0.1) is 0 Å². The van der Waals surface area contributed by atoms with Crippen molar-refractivity contribution < 1.29 is 4.42 Å². The summed E-state index contributed by atoms with van der Waals surface area (Å²) in [5.41, 5.74) is 8.34. The second kappa shape index (κ2) is 8.14. The van der Waals surface area contributed by atoms with E-state index in [2.05, 4.69) is 84.9 Å². The standard InChI is InChI=1S/C34H19ClN2O/c35-24-13-16-30-29(19-24)33-34(38-30)37-32-26-15-12-23(21-9-5-2-6-10-21)18-28(26)27-17-22(20-7-3-1-4-8-20)11-14-25(27)31(32)36-33/h1-19H. The van der Waals surface area contributed by atoms with Gasteiger partial charge in [0.2, 0.25) is 5.71 Å². The number of nitrogens with zero attached hydrogens (tertiary/aromatic N) is 2. The molecular formula is C34H19ClN2O. The van der Waals surface area contributed by atoms with Crippen molar-refractivity contribution in [2.75, 3.05) is 0 Å². The summed E-state index contributed by atoms with van der Waals surface area (Å²) >= 11 is 6.32. The normalized spacial score (nSPS) is 11.8. The van der Waals surface area contributed by atoms with Crippen LogP contribution >= 0.6 is 11.6 Å². The summed E-state index contributed by atoms with van der Waals surface area (Å²) in [6.07, 6.45) is 0. The van der Waals surface area contributed by atoms with Gasteiger partial charge in [0.25, 0.3) is 0 Å². The van der Waals surface area contributed by atoms with Gasteiger partial charge in [-0.25, -0.2) is 9.97 Å². The topological polar surface area (TPSA) is 38.9 Å². The highest BCUT2D eigenvalue weighted by molar-refractivity contribution is 6.32. The zero-order valence-electron chi connectivity index (χ0n) is 20.2. The number of fused-ring (bicyclic) bond motifs is 9. The highest BCUT2D eigenvalue weighted by Gasteiger charge is 2.17. The quantitative estimate of drug-likeness (QED) is 0.219. The summed E-state index contributed by atoms with van der Waals surface area (Å²) in [6, 6.07) is 39.7. The molecule has 0 spiro atoms. The first-order valence-corrected chi connectivity index (χ1v) is 12.9. The van der Waals surface area contributed by atoms with Crippen molar-refractivity contribution in [2.24, 2.45) is 0 Å². The molecule has 0 aliphatic heterocycles. The van der Waals surface area contributed by atoms with Gasteiger partial charge in [-0.05, 0) is 63.4 Å². The van der Waals surface area contributed by atoms with Crippen LogP contribution in [0.5, 0.6) is 0 Å². The van der Waals surface area contributed by atoms with Crippen molar-refractivity contribution in [3.63, 3.8) is 0 Å². The molecule has 38 heavy (non-hydrogen) atoms. The minimum Gasteiger partial charge on any atom is -0.436 e. The van der Waals surface area contributed by atoms with E-state index in [1.807, 2.05) is 30.3 Å². The molecule has 2 aromatic heterocycles. The van der Waals surface area contributed by atoms with Crippen LogP contribution < -0.4 is 0 Å². The Labute approximate surface area is 222 Å². The van der Waals surface area contributed by atoms with Gasteiger partial charge in [-0.1, -0.05) is 96.5 Å². The van der Waals surface area contributed by atoms with Gasteiger partial charge in [0.15, 0.2) is 0 Å². The van der Waals surface area contributed by atoms with E-state index in [1.54, 1.807) is 0 Å². The van der Waals surface area contributed by atoms with E-state index < -0.39 is 0 Å². The highest BCUT2D eigenvalue weighted by Crippen LogP contribution is 2.39. The number of furan rings is 1. The molecule has 0 atom stereocenters. The minimum absolute atomic E-state index is 0.517. The van der Waals surface area contributed by atoms with Crippen LogP contribution in [0.25, 0.3) is 77.0 Å². The summed E-state index contributed by atoms with van der Waals surface area (Å²) in [7, 11) is 0. The second-order valence-corrected chi connectivity index (χ2v) is 10.0. The number of rotatable bonds is 2. The number of halogens is 1. The van der Waals surface area contributed by atoms with Gasteiger partial charge >= 0.3 is 0 Å². The van der Waals surface area contributed by atoms with Crippen LogP contribution in [-0.4, -0.2) is 9.97 Å². The number of hydrogen-bond donors (Lipinski definition) is 0. The van der Waals surface area contributed by atoms with Gasteiger partial charge in [0, 0.05) is 15.8 Å². The summed E-state index contributed by atoms with van der Waals surface area (Å²) < 4.78 is 6.11. The third-order valence-corrected chi connectivity index (χ3v) is 7.56. The van der Waals surface area contributed by atoms with E-state index >= 15 is 0 Å². The van der Waals surface area contributed by atoms with E-state index in [4.69, 9.17) is 26.0 Å². The Kier molecular flexibility index (Phi) is 4.58. The van der Waals surface area contributed by atoms with Gasteiger partial charge < -0.3 is 4.42 Å². The van der Waals surface area contributed by atoms with Crippen LogP contribution in [0.3, 0.4) is 0 Å². The molecule has 0 bridgehead atoms. The molecular weight excluding hydrogens is 488 g/mol. The van der Waals surface area contributed by atoms with Crippen LogP contribution in [0, 0.1) is 0 Å². The average Bonchev–Trinajstić information content (AvgIpc) is 3.33. The van der Waals surface area contributed by atoms with Crippen LogP contribution in [0.4, 0.5) is 0 Å². The second-order valence-electron chi connectivity index (χ2n) is 9.57. The third-order valence-electron chi connectivity index (χ3n) is 7.32. The van der Waals surface area contributed by atoms with Crippen molar-refractivity contribution in [3.8, 4) is 22.3 Å². The first-order valence-electron chi connectivity index (χ1n) is 12.5. The molecule has 0 saturated heterocycles. The number of benzene rings is 6. The Morgan fingerprint density at radius 1 is 0.447 bits per heavy atom.